The molecule has 11 heavy (non-hydrogen) atoms. The van der Waals surface area contributed by atoms with Gasteiger partial charge in [-0.25, -0.2) is 0 Å². The van der Waals surface area contributed by atoms with E-state index in [1.54, 1.807) is 0 Å². The lowest BCUT2D eigenvalue weighted by Crippen LogP contribution is -2.11. The first-order valence-electron chi connectivity index (χ1n) is 2.92. The van der Waals surface area contributed by atoms with Gasteiger partial charge in [-0.1, -0.05) is 11.6 Å². The van der Waals surface area contributed by atoms with E-state index in [1.165, 1.54) is 18.2 Å². The molecule has 0 unspecified atom stereocenters. The van der Waals surface area contributed by atoms with Crippen molar-refractivity contribution in [3.05, 3.63) is 28.8 Å². The summed E-state index contributed by atoms with van der Waals surface area (Å²) in [5.41, 5.74) is 12.5. The third-order valence-corrected chi connectivity index (χ3v) is 1.48. The molecule has 0 heterocycles. The first kappa shape index (κ1) is 7.88. The average molecular weight is 170 g/mol. The number of benzene rings is 1. The Kier molecular flexibility index (Phi) is 2.01. The molecule has 1 aromatic rings. The molecule has 0 atom stereocenters. The van der Waals surface area contributed by atoms with Crippen LogP contribution in [0.15, 0.2) is 18.2 Å². The van der Waals surface area contributed by atoms with Gasteiger partial charge in [0, 0.05) is 5.02 Å². The number of carbonyl (C=O) groups is 1. The molecule has 0 aromatic heterocycles. The molecule has 3 N–H and O–H groups in total. The van der Waals surface area contributed by atoms with Gasteiger partial charge in [0.25, 0.3) is 5.91 Å². The van der Waals surface area contributed by atoms with Crippen LogP contribution in [-0.4, -0.2) is 5.91 Å². The van der Waals surface area contributed by atoms with Crippen molar-refractivity contribution in [2.24, 2.45) is 5.73 Å². The van der Waals surface area contributed by atoms with Crippen LogP contribution < -0.4 is 11.5 Å². The van der Waals surface area contributed by atoms with Crippen molar-refractivity contribution in [3.8, 4) is 0 Å². The Balaban J connectivity index is 3.23. The Morgan fingerprint density at radius 3 is 2.64 bits per heavy atom. The Hall–Kier alpha value is -1.22. The molecule has 1 aromatic carbocycles. The van der Waals surface area contributed by atoms with Crippen LogP contribution in [0.2, 0.25) is 5.02 Å². The van der Waals surface area contributed by atoms with Gasteiger partial charge in [0.2, 0.25) is 0 Å². The summed E-state index contributed by atoms with van der Waals surface area (Å²) in [7, 11) is 0. The van der Waals surface area contributed by atoms with E-state index >= 15 is 0 Å². The number of nitrogens with one attached hydrogen (secondary N) is 1. The molecule has 1 amide bonds. The normalized spacial score (nSPS) is 9.55. The Morgan fingerprint density at radius 2 is 2.18 bits per heavy atom. The summed E-state index contributed by atoms with van der Waals surface area (Å²) in [6.45, 7) is 0. The zero-order chi connectivity index (χ0) is 8.43. The highest BCUT2D eigenvalue weighted by atomic mass is 35.5. The van der Waals surface area contributed by atoms with E-state index in [9.17, 15) is 4.79 Å². The lowest BCUT2D eigenvalue weighted by Gasteiger charge is -1.98. The fraction of sp³-hybridized carbons (Fsp3) is 0. The maximum absolute atomic E-state index is 10.6. The van der Waals surface area contributed by atoms with Gasteiger partial charge in [-0.3, -0.25) is 4.79 Å². The van der Waals surface area contributed by atoms with Crippen molar-refractivity contribution >= 4 is 23.2 Å². The number of hydrogen-bond donors (Lipinski definition) is 1. The van der Waals surface area contributed by atoms with E-state index in [0.717, 1.165) is 0 Å². The average Bonchev–Trinajstić information content (AvgIpc) is 1.94. The maximum atomic E-state index is 10.6. The van der Waals surface area contributed by atoms with E-state index < -0.39 is 5.91 Å². The minimum Gasteiger partial charge on any atom is -0.366 e. The molecule has 0 spiro atoms. The zero-order valence-corrected chi connectivity index (χ0v) is 6.35. The minimum atomic E-state index is -0.627. The maximum Gasteiger partial charge on any atom is 0.250 e. The quantitative estimate of drug-likeness (QED) is 0.678. The molecule has 0 aliphatic heterocycles. The number of rotatable bonds is 1. The molecule has 0 aliphatic rings. The molecule has 57 valence electrons. The van der Waals surface area contributed by atoms with Crippen molar-refractivity contribution in [1.82, 2.24) is 5.73 Å². The largest absolute Gasteiger partial charge is 0.366 e. The SMILES string of the molecule is [NH]c1ccc(Cl)cc1C(N)=O. The molecule has 1 rings (SSSR count). The summed E-state index contributed by atoms with van der Waals surface area (Å²) in [4.78, 5) is 10.6. The fourth-order valence-corrected chi connectivity index (χ4v) is 0.892. The summed E-state index contributed by atoms with van der Waals surface area (Å²) in [5, 5.41) is 0.412. The molecule has 0 saturated carbocycles. The Morgan fingerprint density at radius 1 is 1.55 bits per heavy atom. The highest BCUT2D eigenvalue weighted by Crippen LogP contribution is 2.17. The van der Waals surface area contributed by atoms with Gasteiger partial charge in [0.1, 0.15) is 0 Å². The highest BCUT2D eigenvalue weighted by Gasteiger charge is 2.05. The van der Waals surface area contributed by atoms with Crippen molar-refractivity contribution in [1.29, 1.82) is 0 Å². The third kappa shape index (κ3) is 1.62. The standard InChI is InChI=1S/C7H6ClN2O/c8-4-1-2-6(9)5(3-4)7(10)11/h1-3,9H,(H2,10,11). The van der Waals surface area contributed by atoms with Crippen molar-refractivity contribution < 1.29 is 4.79 Å². The molecule has 0 fully saturated rings. The van der Waals surface area contributed by atoms with E-state index in [4.69, 9.17) is 23.1 Å². The predicted molar refractivity (Wildman–Crippen MR) is 42.7 cm³/mol. The second-order valence-corrected chi connectivity index (χ2v) is 2.49. The van der Waals surface area contributed by atoms with Gasteiger partial charge in [0.05, 0.1) is 11.3 Å². The highest BCUT2D eigenvalue weighted by molar-refractivity contribution is 6.31. The van der Waals surface area contributed by atoms with Crippen LogP contribution in [0.1, 0.15) is 10.4 Å². The van der Waals surface area contributed by atoms with Gasteiger partial charge in [-0.15, -0.1) is 0 Å². The summed E-state index contributed by atoms with van der Waals surface area (Å²) in [5.74, 6) is -0.627. The summed E-state index contributed by atoms with van der Waals surface area (Å²) in [6, 6.07) is 4.35. The van der Waals surface area contributed by atoms with E-state index in [0.29, 0.717) is 5.02 Å². The molecule has 4 heteroatoms. The summed E-state index contributed by atoms with van der Waals surface area (Å²) >= 11 is 5.57. The van der Waals surface area contributed by atoms with Gasteiger partial charge in [-0.2, -0.15) is 0 Å². The summed E-state index contributed by atoms with van der Waals surface area (Å²) in [6.07, 6.45) is 0. The summed E-state index contributed by atoms with van der Waals surface area (Å²) < 4.78 is 0. The lowest BCUT2D eigenvalue weighted by atomic mass is 10.2. The number of primary amides is 1. The number of amides is 1. The number of halogens is 1. The fourth-order valence-electron chi connectivity index (χ4n) is 0.720. The molecular formula is C7H6ClN2O. The molecule has 1 radical (unpaired) electrons. The first-order valence-corrected chi connectivity index (χ1v) is 3.30. The second-order valence-electron chi connectivity index (χ2n) is 2.05. The molecule has 0 saturated heterocycles. The smallest absolute Gasteiger partial charge is 0.250 e. The van der Waals surface area contributed by atoms with Crippen molar-refractivity contribution in [2.75, 3.05) is 0 Å². The number of hydrogen-bond acceptors (Lipinski definition) is 1. The van der Waals surface area contributed by atoms with Gasteiger partial charge >= 0.3 is 0 Å². The molecule has 0 bridgehead atoms. The first-order chi connectivity index (χ1) is 5.11. The predicted octanol–water partition coefficient (Wildman–Crippen LogP) is 1.35. The van der Waals surface area contributed by atoms with Crippen LogP contribution in [0, 0.1) is 0 Å². The Labute approximate surface area is 68.9 Å². The van der Waals surface area contributed by atoms with Crippen LogP contribution in [0.5, 0.6) is 0 Å². The van der Waals surface area contributed by atoms with E-state index in [2.05, 4.69) is 0 Å². The second kappa shape index (κ2) is 2.80. The lowest BCUT2D eigenvalue weighted by molar-refractivity contribution is 0.100. The Bertz CT molecular complexity index is 298. The van der Waals surface area contributed by atoms with Crippen LogP contribution in [0.4, 0.5) is 5.69 Å². The third-order valence-electron chi connectivity index (χ3n) is 1.25. The number of carbonyl (C=O) groups excluding carboxylic acids is 1. The molecule has 3 nitrogen and oxygen atoms in total. The van der Waals surface area contributed by atoms with Crippen LogP contribution in [0.25, 0.3) is 0 Å². The van der Waals surface area contributed by atoms with Gasteiger partial charge in [0.15, 0.2) is 0 Å². The van der Waals surface area contributed by atoms with Gasteiger partial charge in [-0.05, 0) is 18.2 Å². The van der Waals surface area contributed by atoms with E-state index in [1.807, 2.05) is 0 Å². The topological polar surface area (TPSA) is 66.9 Å². The minimum absolute atomic E-state index is 0.0990. The molecular weight excluding hydrogens is 164 g/mol. The van der Waals surface area contributed by atoms with Gasteiger partial charge < -0.3 is 11.5 Å². The van der Waals surface area contributed by atoms with E-state index in [-0.39, 0.29) is 11.3 Å². The zero-order valence-electron chi connectivity index (χ0n) is 5.60. The van der Waals surface area contributed by atoms with Crippen LogP contribution in [-0.2, 0) is 0 Å². The number of nitrogens with two attached hydrogens (primary N) is 1. The van der Waals surface area contributed by atoms with Crippen LogP contribution >= 0.6 is 11.6 Å². The van der Waals surface area contributed by atoms with Crippen LogP contribution in [0.3, 0.4) is 0 Å². The van der Waals surface area contributed by atoms with Crippen molar-refractivity contribution in [3.63, 3.8) is 0 Å². The molecule has 0 aliphatic carbocycles. The van der Waals surface area contributed by atoms with Crippen molar-refractivity contribution in [2.45, 2.75) is 0 Å². The monoisotopic (exact) mass is 169 g/mol.